The number of nitrogens with zero attached hydrogens (tertiary/aromatic N) is 2. The minimum atomic E-state index is -0.790. The fraction of sp³-hybridized carbons (Fsp3) is 0.615. The molecule has 5 nitrogen and oxygen atoms in total. The molecule has 0 radical (unpaired) electrons. The average molecular weight is 284 g/mol. The van der Waals surface area contributed by atoms with Crippen molar-refractivity contribution in [3.8, 4) is 0 Å². The second-order valence-corrected chi connectivity index (χ2v) is 5.70. The van der Waals surface area contributed by atoms with E-state index in [1.807, 2.05) is 0 Å². The number of amides is 1. The fourth-order valence-electron chi connectivity index (χ4n) is 2.24. The summed E-state index contributed by atoms with van der Waals surface area (Å²) in [5, 5.41) is 13.3. The van der Waals surface area contributed by atoms with E-state index in [0.717, 1.165) is 25.7 Å². The molecule has 0 atom stereocenters. The van der Waals surface area contributed by atoms with Gasteiger partial charge in [-0.25, -0.2) is 9.97 Å². The summed E-state index contributed by atoms with van der Waals surface area (Å²) < 4.78 is 0. The Morgan fingerprint density at radius 3 is 2.74 bits per heavy atom. The summed E-state index contributed by atoms with van der Waals surface area (Å²) in [6, 6.07) is 0. The number of hydrogen-bond acceptors (Lipinski definition) is 4. The van der Waals surface area contributed by atoms with Gasteiger partial charge in [-0.2, -0.15) is 0 Å². The summed E-state index contributed by atoms with van der Waals surface area (Å²) in [5.74, 6) is 0.314. The van der Waals surface area contributed by atoms with Crippen LogP contribution in [0.25, 0.3) is 0 Å². The van der Waals surface area contributed by atoms with Gasteiger partial charge in [-0.15, -0.1) is 0 Å². The first kappa shape index (κ1) is 14.2. The van der Waals surface area contributed by atoms with Crippen LogP contribution in [0.5, 0.6) is 0 Å². The highest BCUT2D eigenvalue weighted by atomic mass is 35.5. The monoisotopic (exact) mass is 283 g/mol. The third-order valence-electron chi connectivity index (χ3n) is 3.64. The third-order valence-corrected chi connectivity index (χ3v) is 3.83. The molecule has 1 heterocycles. The Morgan fingerprint density at radius 2 is 2.16 bits per heavy atom. The topological polar surface area (TPSA) is 75.1 Å². The van der Waals surface area contributed by atoms with Crippen LogP contribution < -0.4 is 5.32 Å². The Kier molecular flexibility index (Phi) is 4.37. The lowest BCUT2D eigenvalue weighted by molar-refractivity contribution is -0.00544. The van der Waals surface area contributed by atoms with Gasteiger partial charge in [0.05, 0.1) is 18.0 Å². The predicted molar refractivity (Wildman–Crippen MR) is 72.0 cm³/mol. The van der Waals surface area contributed by atoms with Crippen LogP contribution in [0, 0.1) is 5.92 Å². The van der Waals surface area contributed by atoms with Crippen LogP contribution in [0.15, 0.2) is 12.4 Å². The van der Waals surface area contributed by atoms with E-state index < -0.39 is 5.60 Å². The van der Waals surface area contributed by atoms with Crippen molar-refractivity contribution in [2.75, 3.05) is 6.54 Å². The first-order chi connectivity index (χ1) is 8.98. The molecular weight excluding hydrogens is 266 g/mol. The normalized spacial score (nSPS) is 27.0. The summed E-state index contributed by atoms with van der Waals surface area (Å²) in [5.41, 5.74) is -0.584. The second-order valence-electron chi connectivity index (χ2n) is 5.31. The molecule has 1 aromatic rings. The summed E-state index contributed by atoms with van der Waals surface area (Å²) in [7, 11) is 0. The van der Waals surface area contributed by atoms with E-state index in [9.17, 15) is 9.90 Å². The highest BCUT2D eigenvalue weighted by Gasteiger charge is 2.32. The third kappa shape index (κ3) is 3.88. The minimum absolute atomic E-state index is 0.206. The van der Waals surface area contributed by atoms with Crippen molar-refractivity contribution in [3.05, 3.63) is 23.2 Å². The Hall–Kier alpha value is -1.20. The average Bonchev–Trinajstić information content (AvgIpc) is 2.41. The largest absolute Gasteiger partial charge is 0.388 e. The van der Waals surface area contributed by atoms with Gasteiger partial charge < -0.3 is 10.4 Å². The van der Waals surface area contributed by atoms with Crippen LogP contribution in [0.2, 0.25) is 5.15 Å². The lowest BCUT2D eigenvalue weighted by Gasteiger charge is -2.34. The van der Waals surface area contributed by atoms with Crippen molar-refractivity contribution < 1.29 is 9.90 Å². The molecule has 1 aliphatic rings. The molecule has 2 rings (SSSR count). The molecule has 1 aliphatic carbocycles. The minimum Gasteiger partial charge on any atom is -0.388 e. The zero-order valence-corrected chi connectivity index (χ0v) is 11.7. The van der Waals surface area contributed by atoms with Crippen LogP contribution in [-0.2, 0) is 0 Å². The molecule has 0 spiro atoms. The van der Waals surface area contributed by atoms with Crippen molar-refractivity contribution in [2.45, 2.75) is 38.2 Å². The van der Waals surface area contributed by atoms with E-state index in [2.05, 4.69) is 22.2 Å². The Morgan fingerprint density at radius 1 is 1.47 bits per heavy atom. The van der Waals surface area contributed by atoms with E-state index in [1.54, 1.807) is 0 Å². The summed E-state index contributed by atoms with van der Waals surface area (Å²) in [4.78, 5) is 19.5. The molecule has 19 heavy (non-hydrogen) atoms. The van der Waals surface area contributed by atoms with Crippen LogP contribution in [0.3, 0.4) is 0 Å². The van der Waals surface area contributed by atoms with Crippen LogP contribution in [0.4, 0.5) is 0 Å². The van der Waals surface area contributed by atoms with E-state index in [0.29, 0.717) is 5.92 Å². The number of nitrogens with one attached hydrogen (secondary N) is 1. The van der Waals surface area contributed by atoms with Gasteiger partial charge >= 0.3 is 0 Å². The van der Waals surface area contributed by atoms with Crippen LogP contribution in [-0.4, -0.2) is 33.1 Å². The van der Waals surface area contributed by atoms with Crippen LogP contribution >= 0.6 is 11.6 Å². The number of halogens is 1. The molecule has 1 aromatic heterocycles. The van der Waals surface area contributed by atoms with Gasteiger partial charge in [-0.1, -0.05) is 18.5 Å². The molecule has 104 valence electrons. The summed E-state index contributed by atoms with van der Waals surface area (Å²) >= 11 is 5.61. The lowest BCUT2D eigenvalue weighted by atomic mass is 9.79. The van der Waals surface area contributed by atoms with Crippen molar-refractivity contribution in [1.29, 1.82) is 0 Å². The van der Waals surface area contributed by atoms with E-state index >= 15 is 0 Å². The van der Waals surface area contributed by atoms with Crippen molar-refractivity contribution in [2.24, 2.45) is 5.92 Å². The summed E-state index contributed by atoms with van der Waals surface area (Å²) in [6.07, 6.45) is 6.08. The van der Waals surface area contributed by atoms with Crippen molar-refractivity contribution in [1.82, 2.24) is 15.3 Å². The first-order valence-corrected chi connectivity index (χ1v) is 6.84. The van der Waals surface area contributed by atoms with Gasteiger partial charge in [-0.05, 0) is 31.6 Å². The maximum Gasteiger partial charge on any atom is 0.271 e. The number of hydrogen-bond donors (Lipinski definition) is 2. The fourth-order valence-corrected chi connectivity index (χ4v) is 2.34. The van der Waals surface area contributed by atoms with Gasteiger partial charge in [-0.3, -0.25) is 4.79 Å². The number of carbonyl (C=O) groups excluding carboxylic acids is 1. The lowest BCUT2D eigenvalue weighted by Crippen LogP contribution is -2.45. The zero-order valence-electron chi connectivity index (χ0n) is 10.9. The maximum absolute atomic E-state index is 11.8. The quantitative estimate of drug-likeness (QED) is 0.887. The summed E-state index contributed by atoms with van der Waals surface area (Å²) in [6.45, 7) is 2.43. The van der Waals surface area contributed by atoms with Crippen molar-refractivity contribution in [3.63, 3.8) is 0 Å². The molecule has 0 aliphatic heterocycles. The van der Waals surface area contributed by atoms with E-state index in [4.69, 9.17) is 11.6 Å². The number of aliphatic hydroxyl groups is 1. The second kappa shape index (κ2) is 5.84. The zero-order chi connectivity index (χ0) is 13.9. The van der Waals surface area contributed by atoms with Gasteiger partial charge in [0, 0.05) is 6.54 Å². The van der Waals surface area contributed by atoms with Gasteiger partial charge in [0.15, 0.2) is 0 Å². The SMILES string of the molecule is CC1CCC(O)(CNC(=O)c2cnc(Cl)cn2)CC1. The van der Waals surface area contributed by atoms with Gasteiger partial charge in [0.2, 0.25) is 0 Å². The molecule has 0 unspecified atom stereocenters. The number of carbonyl (C=O) groups is 1. The standard InChI is InChI=1S/C13H18ClN3O2/c1-9-2-4-13(19,5-3-9)8-17-12(18)10-6-16-11(14)7-15-10/h6-7,9,19H,2-5,8H2,1H3,(H,17,18). The number of rotatable bonds is 3. The molecule has 2 N–H and O–H groups in total. The first-order valence-electron chi connectivity index (χ1n) is 6.47. The molecule has 0 saturated heterocycles. The van der Waals surface area contributed by atoms with Gasteiger partial charge in [0.25, 0.3) is 5.91 Å². The maximum atomic E-state index is 11.8. The Bertz CT molecular complexity index is 442. The molecule has 0 aromatic carbocycles. The molecule has 1 amide bonds. The number of aromatic nitrogens is 2. The predicted octanol–water partition coefficient (Wildman–Crippen LogP) is 1.80. The Labute approximate surface area is 117 Å². The molecule has 6 heteroatoms. The molecule has 1 saturated carbocycles. The van der Waals surface area contributed by atoms with Crippen molar-refractivity contribution >= 4 is 17.5 Å². The molecular formula is C13H18ClN3O2. The Balaban J connectivity index is 1.88. The van der Waals surface area contributed by atoms with Crippen LogP contribution in [0.1, 0.15) is 43.1 Å². The van der Waals surface area contributed by atoms with E-state index in [-0.39, 0.29) is 23.3 Å². The van der Waals surface area contributed by atoms with Gasteiger partial charge in [0.1, 0.15) is 10.8 Å². The van der Waals surface area contributed by atoms with E-state index in [1.165, 1.54) is 12.4 Å². The highest BCUT2D eigenvalue weighted by molar-refractivity contribution is 6.29. The molecule has 1 fully saturated rings. The molecule has 0 bridgehead atoms. The smallest absolute Gasteiger partial charge is 0.271 e. The highest BCUT2D eigenvalue weighted by Crippen LogP contribution is 2.31.